The minimum Gasteiger partial charge on any atom is -0.508 e. The Hall–Kier alpha value is -3.62. The minimum atomic E-state index is -1.14. The molecule has 7 fully saturated rings. The highest BCUT2D eigenvalue weighted by atomic mass is 16.6. The molecular formula is C60H73N3O5. The number of carbonyl (C=O) groups is 2. The Kier molecular flexibility index (Phi) is 8.24. The summed E-state index contributed by atoms with van der Waals surface area (Å²) in [6.45, 7) is 7.68. The van der Waals surface area contributed by atoms with Gasteiger partial charge in [0.15, 0.2) is 11.4 Å². The molecule has 16 rings (SSSR count). The zero-order valence-electron chi connectivity index (χ0n) is 40.6. The maximum Gasteiger partial charge on any atom is 0.339 e. The van der Waals surface area contributed by atoms with Gasteiger partial charge in [0.05, 0.1) is 11.0 Å². The number of nitrogens with zero attached hydrogens (tertiary/aromatic N) is 2. The van der Waals surface area contributed by atoms with E-state index in [0.717, 1.165) is 56.3 Å². The molecule has 0 unspecified atom stereocenters. The van der Waals surface area contributed by atoms with E-state index in [0.29, 0.717) is 108 Å². The Balaban J connectivity index is 0.987. The molecule has 7 aliphatic heterocycles. The van der Waals surface area contributed by atoms with Crippen molar-refractivity contribution in [2.45, 2.75) is 153 Å². The topological polar surface area (TPSA) is 105 Å². The molecule has 0 aromatic heterocycles. The third kappa shape index (κ3) is 4.59. The fourth-order valence-electron chi connectivity index (χ4n) is 22.2. The smallest absolute Gasteiger partial charge is 0.339 e. The van der Waals surface area contributed by atoms with Crippen LogP contribution in [0.1, 0.15) is 144 Å². The summed E-state index contributed by atoms with van der Waals surface area (Å²) in [5, 5.41) is 14.1. The standard InChI is InChI=1S/C60H73N3O5/c1-31-10-12-35-26-43-32(2)23-36-13-16-45-38-25-39-30-63(45)52(36)49(43)41-18-20-58-54(53(64)42-15-17-46(39)62(29-38)51(42)37-24-33-11-14-40-8-4-19-57(40,27-33)28-37)67-56(66)59(58,50(35)41)47(22-31)60(58)44-9-3-6-34(7-5-21-61)48(44)55(65)68-60/h3,6,9-12,14,31-33,35,37-40,42-43,45-47,49,51,64H,4-5,7-8,13,15-30,61H2,1-2H3/b12-10-,54-53+/t31-,32-,33+,35-,37+,38+,39+,40-,42-,43+,45-,46-,47+,49+,51+,57+,58-,59-,60-/m1/s1. The molecular weight excluding hydrogens is 843 g/mol. The van der Waals surface area contributed by atoms with Gasteiger partial charge in [-0.25, -0.2) is 4.79 Å². The number of aliphatic hydroxyl groups is 1. The predicted molar refractivity (Wildman–Crippen MR) is 258 cm³/mol. The number of hydrogen-bond acceptors (Lipinski definition) is 8. The predicted octanol–water partition coefficient (Wildman–Crippen LogP) is 10.5. The first-order valence-corrected chi connectivity index (χ1v) is 28.2. The Bertz CT molecular complexity index is 2640. The molecule has 4 spiro atoms. The van der Waals surface area contributed by atoms with Gasteiger partial charge >= 0.3 is 11.9 Å². The summed E-state index contributed by atoms with van der Waals surface area (Å²) in [6, 6.07) is 7.61. The molecule has 68 heavy (non-hydrogen) atoms. The Morgan fingerprint density at radius 1 is 0.897 bits per heavy atom. The van der Waals surface area contributed by atoms with Crippen LogP contribution in [0, 0.1) is 87.3 Å². The molecule has 3 N–H and O–H groups in total. The molecule has 8 nitrogen and oxygen atoms in total. The number of benzene rings is 1. The van der Waals surface area contributed by atoms with Crippen LogP contribution in [0.15, 0.2) is 76.4 Å². The summed E-state index contributed by atoms with van der Waals surface area (Å²) in [5.74, 6) is 4.54. The van der Waals surface area contributed by atoms with E-state index in [9.17, 15) is 5.11 Å². The van der Waals surface area contributed by atoms with Crippen molar-refractivity contribution in [2.75, 3.05) is 19.6 Å². The summed E-state index contributed by atoms with van der Waals surface area (Å²) < 4.78 is 14.6. The summed E-state index contributed by atoms with van der Waals surface area (Å²) in [6.07, 6.45) is 29.6. The van der Waals surface area contributed by atoms with Crippen molar-refractivity contribution in [3.8, 4) is 0 Å². The molecule has 1 aromatic rings. The first-order valence-electron chi connectivity index (χ1n) is 28.2. The second kappa shape index (κ2) is 13.7. The minimum absolute atomic E-state index is 0.0969. The molecule has 8 heteroatoms. The molecule has 0 amide bonds. The average Bonchev–Trinajstić information content (AvgIpc) is 3.97. The Labute approximate surface area is 403 Å². The number of nitrogens with two attached hydrogens (primary N) is 1. The molecule has 19 atom stereocenters. The van der Waals surface area contributed by atoms with Gasteiger partial charge in [-0.2, -0.15) is 0 Å². The molecule has 7 heterocycles. The number of fused-ring (bicyclic) bond motifs is 9. The fourth-order valence-corrected chi connectivity index (χ4v) is 22.2. The van der Waals surface area contributed by atoms with Gasteiger partial charge in [0.25, 0.3) is 0 Å². The van der Waals surface area contributed by atoms with Crippen molar-refractivity contribution >= 4 is 11.9 Å². The van der Waals surface area contributed by atoms with Gasteiger partial charge in [0, 0.05) is 60.2 Å². The normalized spacial score (nSPS) is 51.9. The van der Waals surface area contributed by atoms with E-state index < -0.39 is 16.4 Å². The molecule has 4 saturated heterocycles. The van der Waals surface area contributed by atoms with Gasteiger partial charge in [-0.1, -0.05) is 73.9 Å². The highest BCUT2D eigenvalue weighted by molar-refractivity contribution is 6.00. The zero-order chi connectivity index (χ0) is 45.4. The highest BCUT2D eigenvalue weighted by Crippen LogP contribution is 2.88. The molecule has 3 saturated carbocycles. The lowest BCUT2D eigenvalue weighted by atomic mass is 9.27. The van der Waals surface area contributed by atoms with E-state index in [-0.39, 0.29) is 41.7 Å². The molecule has 358 valence electrons. The van der Waals surface area contributed by atoms with Crippen LogP contribution in [0.2, 0.25) is 0 Å². The van der Waals surface area contributed by atoms with Crippen LogP contribution in [0.3, 0.4) is 0 Å². The summed E-state index contributed by atoms with van der Waals surface area (Å²) >= 11 is 0. The van der Waals surface area contributed by atoms with E-state index >= 15 is 9.59 Å². The second-order valence-corrected chi connectivity index (χ2v) is 26.3. The first-order chi connectivity index (χ1) is 33.1. The monoisotopic (exact) mass is 916 g/mol. The fraction of sp³-hybridized carbons (Fsp3) is 0.700. The average molecular weight is 916 g/mol. The van der Waals surface area contributed by atoms with Crippen molar-refractivity contribution in [3.63, 3.8) is 0 Å². The lowest BCUT2D eigenvalue weighted by Crippen LogP contribution is -2.78. The van der Waals surface area contributed by atoms with Gasteiger partial charge in [-0.3, -0.25) is 9.69 Å². The molecule has 0 radical (unpaired) electrons. The summed E-state index contributed by atoms with van der Waals surface area (Å²) in [7, 11) is 0. The van der Waals surface area contributed by atoms with Crippen molar-refractivity contribution < 1.29 is 24.2 Å². The van der Waals surface area contributed by atoms with Gasteiger partial charge in [-0.05, 0) is 186 Å². The van der Waals surface area contributed by atoms with E-state index in [4.69, 9.17) is 15.2 Å². The van der Waals surface area contributed by atoms with E-state index in [1.807, 2.05) is 0 Å². The number of aryl methyl sites for hydroxylation is 1. The van der Waals surface area contributed by atoms with Gasteiger partial charge < -0.3 is 25.2 Å². The molecule has 1 aromatic carbocycles. The van der Waals surface area contributed by atoms with Crippen LogP contribution >= 0.6 is 0 Å². The summed E-state index contributed by atoms with van der Waals surface area (Å²) in [4.78, 5) is 37.6. The maximum atomic E-state index is 16.4. The number of hydrogen-bond donors (Lipinski definition) is 2. The van der Waals surface area contributed by atoms with Crippen molar-refractivity contribution in [1.29, 1.82) is 0 Å². The number of carbonyl (C=O) groups excluding carboxylic acids is 2. The highest BCUT2D eigenvalue weighted by Gasteiger charge is 2.94. The van der Waals surface area contributed by atoms with E-state index in [1.54, 1.807) is 11.3 Å². The van der Waals surface area contributed by atoms with Crippen molar-refractivity contribution in [1.82, 2.24) is 9.80 Å². The number of allylic oxidation sites excluding steroid dienone is 6. The second-order valence-electron chi connectivity index (χ2n) is 26.3. The van der Waals surface area contributed by atoms with Gasteiger partial charge in [0.1, 0.15) is 11.2 Å². The maximum absolute atomic E-state index is 16.4. The van der Waals surface area contributed by atoms with Crippen molar-refractivity contribution in [2.24, 2.45) is 93.0 Å². The van der Waals surface area contributed by atoms with E-state index in [1.165, 1.54) is 75.4 Å². The first kappa shape index (κ1) is 41.0. The Morgan fingerprint density at radius 3 is 2.69 bits per heavy atom. The van der Waals surface area contributed by atoms with Crippen LogP contribution in [0.5, 0.6) is 0 Å². The number of piperidine rings is 3. The largest absolute Gasteiger partial charge is 0.508 e. The van der Waals surface area contributed by atoms with Crippen LogP contribution in [-0.4, -0.2) is 64.6 Å². The number of aliphatic hydroxyl groups excluding tert-OH is 1. The van der Waals surface area contributed by atoms with Crippen LogP contribution < -0.4 is 5.73 Å². The lowest BCUT2D eigenvalue weighted by molar-refractivity contribution is -0.281. The van der Waals surface area contributed by atoms with E-state index in [2.05, 4.69) is 66.2 Å². The van der Waals surface area contributed by atoms with Gasteiger partial charge in [0.2, 0.25) is 0 Å². The van der Waals surface area contributed by atoms with Crippen LogP contribution in [0.4, 0.5) is 0 Å². The number of esters is 2. The third-order valence-electron chi connectivity index (χ3n) is 24.0. The third-order valence-corrected chi connectivity index (χ3v) is 24.0. The number of rotatable bonds is 4. The quantitative estimate of drug-likeness (QED) is 0.227. The van der Waals surface area contributed by atoms with Gasteiger partial charge in [-0.15, -0.1) is 0 Å². The summed E-state index contributed by atoms with van der Waals surface area (Å²) in [5.41, 5.74) is 12.1. The van der Waals surface area contributed by atoms with Crippen LogP contribution in [0.25, 0.3) is 0 Å². The van der Waals surface area contributed by atoms with Crippen LogP contribution in [-0.2, 0) is 26.3 Å². The molecule has 9 bridgehead atoms. The molecule has 8 aliphatic carbocycles. The number of ether oxygens (including phenoxy) is 2. The Morgan fingerprint density at radius 2 is 1.79 bits per heavy atom. The van der Waals surface area contributed by atoms with Crippen molar-refractivity contribution in [3.05, 3.63) is 93.1 Å². The lowest BCUT2D eigenvalue weighted by Gasteiger charge is -2.73. The zero-order valence-corrected chi connectivity index (χ0v) is 40.6. The SMILES string of the molecule is C[C@@H]1/C=C\[C@@H]2C[C@@H]3[C@@H]4C5=C2[C@]26C(=O)O/C(=C(/O)[C@@H]7CC[C@@H]8[C@H]9C[C@@H](CN8[C@H]7[C@H]7C[C@@H]8C=C[C@H]%10CCC[C@]%10(C8)C7)[C@H]7CCC(=C4N7C9)C[C@H]3C)[C@@]2(CC5)[C@]2(OC(=O)c3c(CCCN)cccc32)[C@H]6C1. The molecule has 15 aliphatic rings.